The summed E-state index contributed by atoms with van der Waals surface area (Å²) in [4.78, 5) is 0.829. The van der Waals surface area contributed by atoms with Crippen LogP contribution in [0.3, 0.4) is 0 Å². The lowest BCUT2D eigenvalue weighted by molar-refractivity contribution is -0.274. The van der Waals surface area contributed by atoms with Crippen molar-refractivity contribution in [2.75, 3.05) is 19.4 Å². The number of nitrogens with zero attached hydrogens (tertiary/aromatic N) is 2. The minimum absolute atomic E-state index is 0.0928. The van der Waals surface area contributed by atoms with Gasteiger partial charge >= 0.3 is 6.36 Å². The molecule has 0 bridgehead atoms. The highest BCUT2D eigenvalue weighted by atomic mass is 32.2. The third kappa shape index (κ3) is 6.24. The number of alkyl halides is 3. The molecule has 0 radical (unpaired) electrons. The number of amidine groups is 1. The lowest BCUT2D eigenvalue weighted by Gasteiger charge is -2.17. The predicted molar refractivity (Wildman–Crippen MR) is 100 cm³/mol. The van der Waals surface area contributed by atoms with Crippen LogP contribution < -0.4 is 26.4 Å². The average molecular weight is 400 g/mol. The van der Waals surface area contributed by atoms with E-state index in [1.165, 1.54) is 37.2 Å². The van der Waals surface area contributed by atoms with Crippen LogP contribution >= 0.6 is 11.9 Å². The molecule has 2 aromatic rings. The summed E-state index contributed by atoms with van der Waals surface area (Å²) in [5.41, 5.74) is 7.04. The Labute approximate surface area is 158 Å². The number of ether oxygens (including phenoxy) is 1. The van der Waals surface area contributed by atoms with Crippen molar-refractivity contribution in [2.45, 2.75) is 11.3 Å². The number of para-hydroxylation sites is 2. The van der Waals surface area contributed by atoms with Crippen LogP contribution in [-0.2, 0) is 0 Å². The zero-order valence-electron chi connectivity index (χ0n) is 14.5. The summed E-state index contributed by atoms with van der Waals surface area (Å²) in [7, 11) is 3.25. The number of halogens is 3. The second-order valence-corrected chi connectivity index (χ2v) is 6.33. The Hall–Kier alpha value is -2.63. The van der Waals surface area contributed by atoms with Crippen LogP contribution in [0.15, 0.2) is 52.5 Å². The van der Waals surface area contributed by atoms with E-state index in [4.69, 9.17) is 11.6 Å². The Balaban J connectivity index is 2.44. The van der Waals surface area contributed by atoms with E-state index in [0.29, 0.717) is 11.3 Å². The molecule has 0 aliphatic heterocycles. The molecule has 0 atom stereocenters. The summed E-state index contributed by atoms with van der Waals surface area (Å²) in [5.74, 6) is 5.23. The van der Waals surface area contributed by atoms with E-state index in [0.717, 1.165) is 10.0 Å². The zero-order valence-corrected chi connectivity index (χ0v) is 15.4. The monoisotopic (exact) mass is 400 g/mol. The van der Waals surface area contributed by atoms with E-state index in [1.54, 1.807) is 31.3 Å². The third-order valence-corrected chi connectivity index (χ3v) is 3.83. The summed E-state index contributed by atoms with van der Waals surface area (Å²) >= 11 is 1.35. The highest BCUT2D eigenvalue weighted by Gasteiger charge is 2.32. The number of hydrazone groups is 1. The molecule has 11 heteroatoms. The molecule has 0 heterocycles. The molecule has 0 saturated carbocycles. The van der Waals surface area contributed by atoms with Gasteiger partial charge in [-0.15, -0.1) is 18.3 Å². The number of nitrogens with two attached hydrogens (primary N) is 2. The van der Waals surface area contributed by atoms with Gasteiger partial charge in [0.25, 0.3) is 0 Å². The minimum atomic E-state index is -4.81. The maximum absolute atomic E-state index is 12.6. The van der Waals surface area contributed by atoms with E-state index in [9.17, 15) is 13.2 Å². The Bertz CT molecular complexity index is 813. The molecule has 0 spiro atoms. The largest absolute Gasteiger partial charge is 0.573 e. The van der Waals surface area contributed by atoms with Crippen molar-refractivity contribution in [2.24, 2.45) is 16.7 Å². The van der Waals surface area contributed by atoms with Crippen molar-refractivity contribution in [3.8, 4) is 5.75 Å². The Morgan fingerprint density at radius 2 is 1.89 bits per heavy atom. The number of anilines is 2. The number of rotatable bonds is 7. The van der Waals surface area contributed by atoms with Gasteiger partial charge in [0.15, 0.2) is 11.6 Å². The van der Waals surface area contributed by atoms with E-state index in [2.05, 4.69) is 19.9 Å². The summed E-state index contributed by atoms with van der Waals surface area (Å²) in [6, 6.07) is 10.9. The van der Waals surface area contributed by atoms with Crippen LogP contribution in [0.5, 0.6) is 5.75 Å². The van der Waals surface area contributed by atoms with Crippen molar-refractivity contribution in [3.63, 3.8) is 0 Å². The Morgan fingerprint density at radius 1 is 1.19 bits per heavy atom. The molecule has 27 heavy (non-hydrogen) atoms. The molecular weight excluding hydrogens is 381 g/mol. The SMILES string of the molecule is CNSc1ccc(Nc2ccccc2OC(F)(F)F)c(/C(N)=N/N(C)N)c1. The van der Waals surface area contributed by atoms with Gasteiger partial charge in [-0.1, -0.05) is 12.1 Å². The van der Waals surface area contributed by atoms with Crippen molar-refractivity contribution in [1.82, 2.24) is 9.84 Å². The molecule has 2 rings (SSSR count). The van der Waals surface area contributed by atoms with Gasteiger partial charge in [-0.3, -0.25) is 4.72 Å². The van der Waals surface area contributed by atoms with Crippen molar-refractivity contribution >= 4 is 29.2 Å². The molecule has 0 fully saturated rings. The fraction of sp³-hybridized carbons (Fsp3) is 0.188. The van der Waals surface area contributed by atoms with E-state index < -0.39 is 6.36 Å². The Kier molecular flexibility index (Phi) is 6.77. The topological polar surface area (TPSA) is 101 Å². The lowest BCUT2D eigenvalue weighted by Crippen LogP contribution is -2.26. The van der Waals surface area contributed by atoms with Gasteiger partial charge < -0.3 is 15.8 Å². The van der Waals surface area contributed by atoms with Crippen LogP contribution in [0.4, 0.5) is 24.5 Å². The molecule has 0 aromatic heterocycles. The average Bonchev–Trinajstić information content (AvgIpc) is 2.56. The van der Waals surface area contributed by atoms with Crippen LogP contribution in [0.2, 0.25) is 0 Å². The summed E-state index contributed by atoms with van der Waals surface area (Å²) in [6.07, 6.45) is -4.81. The number of nitrogens with one attached hydrogen (secondary N) is 2. The summed E-state index contributed by atoms with van der Waals surface area (Å²) in [5, 5.41) is 7.91. The van der Waals surface area contributed by atoms with Crippen LogP contribution in [0.25, 0.3) is 0 Å². The quantitative estimate of drug-likeness (QED) is 0.186. The molecule has 6 N–H and O–H groups in total. The van der Waals surface area contributed by atoms with E-state index in [1.807, 2.05) is 0 Å². The fourth-order valence-electron chi connectivity index (χ4n) is 2.18. The van der Waals surface area contributed by atoms with Gasteiger partial charge in [0.1, 0.15) is 0 Å². The molecule has 146 valence electrons. The van der Waals surface area contributed by atoms with Gasteiger partial charge in [-0.25, -0.2) is 11.0 Å². The lowest BCUT2D eigenvalue weighted by atomic mass is 10.1. The van der Waals surface area contributed by atoms with Gasteiger partial charge in [-0.05, 0) is 49.3 Å². The third-order valence-electron chi connectivity index (χ3n) is 3.13. The molecule has 2 aromatic carbocycles. The minimum Gasteiger partial charge on any atom is -0.404 e. The maximum atomic E-state index is 12.6. The number of hydrogen-bond acceptors (Lipinski definition) is 7. The molecule has 0 aliphatic carbocycles. The maximum Gasteiger partial charge on any atom is 0.573 e. The first-order valence-corrected chi connectivity index (χ1v) is 8.43. The van der Waals surface area contributed by atoms with Gasteiger partial charge in [-0.2, -0.15) is 0 Å². The first-order valence-electron chi connectivity index (χ1n) is 7.62. The van der Waals surface area contributed by atoms with Gasteiger partial charge in [0.05, 0.1) is 5.69 Å². The normalized spacial score (nSPS) is 12.0. The van der Waals surface area contributed by atoms with Crippen LogP contribution in [0.1, 0.15) is 5.56 Å². The van der Waals surface area contributed by atoms with Crippen LogP contribution in [0, 0.1) is 0 Å². The second-order valence-electron chi connectivity index (χ2n) is 5.24. The summed E-state index contributed by atoms with van der Waals surface area (Å²) < 4.78 is 44.9. The summed E-state index contributed by atoms with van der Waals surface area (Å²) in [6.45, 7) is 0. The zero-order chi connectivity index (χ0) is 20.0. The second kappa shape index (κ2) is 8.84. The first-order chi connectivity index (χ1) is 12.7. The molecular formula is C16H19F3N6OS. The highest BCUT2D eigenvalue weighted by Crippen LogP contribution is 2.33. The number of hydrazine groups is 1. The molecule has 0 aliphatic rings. The Morgan fingerprint density at radius 3 is 2.52 bits per heavy atom. The van der Waals surface area contributed by atoms with E-state index in [-0.39, 0.29) is 17.3 Å². The standard InChI is InChI=1S/C16H19F3N6OS/c1-22-27-10-7-8-12(11(9-10)15(20)24-25(2)21)23-13-5-3-4-6-14(13)26-16(17,18)19/h3-9,22-23H,21H2,1-2H3,(H2,20,24). The first kappa shape index (κ1) is 20.7. The number of hydrogen-bond donors (Lipinski definition) is 4. The van der Waals surface area contributed by atoms with Crippen molar-refractivity contribution in [1.29, 1.82) is 0 Å². The van der Waals surface area contributed by atoms with Gasteiger partial charge in [0, 0.05) is 23.2 Å². The van der Waals surface area contributed by atoms with E-state index >= 15 is 0 Å². The van der Waals surface area contributed by atoms with Crippen LogP contribution in [-0.4, -0.2) is 31.4 Å². The number of benzene rings is 2. The highest BCUT2D eigenvalue weighted by molar-refractivity contribution is 7.97. The molecule has 0 amide bonds. The molecule has 0 saturated heterocycles. The molecule has 0 unspecified atom stereocenters. The van der Waals surface area contributed by atoms with Crippen molar-refractivity contribution < 1.29 is 17.9 Å². The molecule has 7 nitrogen and oxygen atoms in total. The fourth-order valence-corrected chi connectivity index (χ4v) is 2.73. The van der Waals surface area contributed by atoms with Gasteiger partial charge in [0.2, 0.25) is 0 Å². The predicted octanol–water partition coefficient (Wildman–Crippen LogP) is 2.98. The smallest absolute Gasteiger partial charge is 0.404 e. The van der Waals surface area contributed by atoms with Crippen molar-refractivity contribution in [3.05, 3.63) is 48.0 Å².